The second-order valence-corrected chi connectivity index (χ2v) is 4.40. The van der Waals surface area contributed by atoms with Crippen molar-refractivity contribution in [2.45, 2.75) is 19.4 Å². The smallest absolute Gasteiger partial charge is 0.239 e. The van der Waals surface area contributed by atoms with Crippen LogP contribution in [0, 0.1) is 11.8 Å². The Labute approximate surface area is 114 Å². The predicted octanol–water partition coefficient (Wildman–Crippen LogP) is 1.05. The van der Waals surface area contributed by atoms with Gasteiger partial charge in [-0.15, -0.1) is 5.92 Å². The largest absolute Gasteiger partial charge is 0.481 e. The zero-order valence-electron chi connectivity index (χ0n) is 11.6. The summed E-state index contributed by atoms with van der Waals surface area (Å²) in [4.78, 5) is 13.2. The number of hydrogen-bond donors (Lipinski definition) is 1. The topological polar surface area (TPSA) is 55.6 Å². The van der Waals surface area contributed by atoms with E-state index in [1.807, 2.05) is 24.3 Å². The molecule has 4 nitrogen and oxygen atoms in total. The van der Waals surface area contributed by atoms with Gasteiger partial charge in [0.1, 0.15) is 12.4 Å². The average molecular weight is 260 g/mol. The number of carbonyl (C=O) groups excluding carboxylic acids is 1. The normalized spacial score (nSPS) is 11.2. The highest BCUT2D eigenvalue weighted by Gasteiger charge is 2.15. The Morgan fingerprint density at radius 3 is 2.53 bits per heavy atom. The van der Waals surface area contributed by atoms with Crippen LogP contribution in [0.15, 0.2) is 24.3 Å². The third-order valence-corrected chi connectivity index (χ3v) is 2.62. The number of amides is 1. The highest BCUT2D eigenvalue weighted by atomic mass is 16.5. The molecule has 0 heterocycles. The highest BCUT2D eigenvalue weighted by Crippen LogP contribution is 2.13. The predicted molar refractivity (Wildman–Crippen MR) is 75.8 cm³/mol. The summed E-state index contributed by atoms with van der Waals surface area (Å²) in [7, 11) is 3.40. The van der Waals surface area contributed by atoms with Gasteiger partial charge in [-0.1, -0.05) is 18.1 Å². The van der Waals surface area contributed by atoms with Gasteiger partial charge in [0.25, 0.3) is 0 Å². The minimum absolute atomic E-state index is 0.0708. The molecule has 1 unspecified atom stereocenters. The summed E-state index contributed by atoms with van der Waals surface area (Å²) in [6.45, 7) is 2.16. The van der Waals surface area contributed by atoms with Crippen molar-refractivity contribution in [3.8, 4) is 17.6 Å². The first-order valence-corrected chi connectivity index (χ1v) is 6.12. The monoisotopic (exact) mass is 260 g/mol. The van der Waals surface area contributed by atoms with Crippen LogP contribution in [0.5, 0.6) is 5.75 Å². The highest BCUT2D eigenvalue weighted by molar-refractivity contribution is 5.81. The first kappa shape index (κ1) is 15.1. The van der Waals surface area contributed by atoms with Gasteiger partial charge in [0.2, 0.25) is 5.91 Å². The standard InChI is InChI=1S/C15H20N2O2/c1-4-5-10-19-13-8-6-12(7-9-13)11-14(16)15(18)17(2)3/h6-9,14H,10-11,16H2,1-3H3. The Kier molecular flexibility index (Phi) is 5.91. The van der Waals surface area contributed by atoms with Gasteiger partial charge in [0, 0.05) is 14.1 Å². The third kappa shape index (κ3) is 5.02. The van der Waals surface area contributed by atoms with Crippen LogP contribution in [0.1, 0.15) is 12.5 Å². The van der Waals surface area contributed by atoms with E-state index in [1.54, 1.807) is 21.0 Å². The average Bonchev–Trinajstić information content (AvgIpc) is 2.40. The van der Waals surface area contributed by atoms with Crippen molar-refractivity contribution in [2.24, 2.45) is 5.73 Å². The molecule has 0 aliphatic rings. The van der Waals surface area contributed by atoms with Gasteiger partial charge >= 0.3 is 0 Å². The molecule has 1 rings (SSSR count). The quantitative estimate of drug-likeness (QED) is 0.805. The first-order valence-electron chi connectivity index (χ1n) is 6.12. The van der Waals surface area contributed by atoms with E-state index in [0.29, 0.717) is 13.0 Å². The van der Waals surface area contributed by atoms with E-state index in [4.69, 9.17) is 10.5 Å². The molecule has 1 aromatic rings. The summed E-state index contributed by atoms with van der Waals surface area (Å²) >= 11 is 0. The van der Waals surface area contributed by atoms with Crippen molar-refractivity contribution in [2.75, 3.05) is 20.7 Å². The van der Waals surface area contributed by atoms with Crippen LogP contribution < -0.4 is 10.5 Å². The molecule has 0 fully saturated rings. The molecule has 1 amide bonds. The number of nitrogens with two attached hydrogens (primary N) is 1. The van der Waals surface area contributed by atoms with E-state index in [-0.39, 0.29) is 5.91 Å². The van der Waals surface area contributed by atoms with E-state index in [9.17, 15) is 4.79 Å². The Morgan fingerprint density at radius 1 is 1.37 bits per heavy atom. The SMILES string of the molecule is CC#CCOc1ccc(CC(N)C(=O)N(C)C)cc1. The van der Waals surface area contributed by atoms with Crippen molar-refractivity contribution in [3.63, 3.8) is 0 Å². The summed E-state index contributed by atoms with van der Waals surface area (Å²) < 4.78 is 5.41. The van der Waals surface area contributed by atoms with Crippen molar-refractivity contribution in [3.05, 3.63) is 29.8 Å². The lowest BCUT2D eigenvalue weighted by Gasteiger charge is -2.16. The maximum atomic E-state index is 11.6. The van der Waals surface area contributed by atoms with E-state index in [2.05, 4.69) is 11.8 Å². The number of rotatable bonds is 5. The summed E-state index contributed by atoms with van der Waals surface area (Å²) in [6.07, 6.45) is 0.520. The van der Waals surface area contributed by atoms with Crippen LogP contribution in [-0.2, 0) is 11.2 Å². The maximum Gasteiger partial charge on any atom is 0.239 e. The summed E-state index contributed by atoms with van der Waals surface area (Å²) in [5.41, 5.74) is 6.86. The molecule has 0 aliphatic carbocycles. The van der Waals surface area contributed by atoms with Crippen molar-refractivity contribution >= 4 is 5.91 Å². The van der Waals surface area contributed by atoms with Crippen LogP contribution in [0.2, 0.25) is 0 Å². The molecule has 102 valence electrons. The lowest BCUT2D eigenvalue weighted by atomic mass is 10.1. The lowest BCUT2D eigenvalue weighted by Crippen LogP contribution is -2.41. The molecular formula is C15H20N2O2. The van der Waals surface area contributed by atoms with Crippen LogP contribution in [0.25, 0.3) is 0 Å². The number of nitrogens with zero attached hydrogens (tertiary/aromatic N) is 1. The molecule has 1 atom stereocenters. The summed E-state index contributed by atoms with van der Waals surface area (Å²) in [5, 5.41) is 0. The van der Waals surface area contributed by atoms with Gasteiger partial charge in [-0.2, -0.15) is 0 Å². The van der Waals surface area contributed by atoms with E-state index in [1.165, 1.54) is 4.90 Å². The second-order valence-electron chi connectivity index (χ2n) is 4.40. The number of carbonyl (C=O) groups is 1. The Balaban J connectivity index is 2.56. The van der Waals surface area contributed by atoms with E-state index < -0.39 is 6.04 Å². The van der Waals surface area contributed by atoms with E-state index >= 15 is 0 Å². The number of hydrogen-bond acceptors (Lipinski definition) is 3. The molecule has 0 aromatic heterocycles. The number of benzene rings is 1. The van der Waals surface area contributed by atoms with Crippen molar-refractivity contribution in [1.82, 2.24) is 4.90 Å². The molecule has 0 saturated heterocycles. The molecule has 0 bridgehead atoms. The van der Waals surface area contributed by atoms with Gasteiger partial charge in [-0.3, -0.25) is 4.79 Å². The van der Waals surface area contributed by atoms with Gasteiger partial charge in [0.15, 0.2) is 0 Å². The van der Waals surface area contributed by atoms with Gasteiger partial charge in [0.05, 0.1) is 6.04 Å². The van der Waals surface area contributed by atoms with Crippen LogP contribution >= 0.6 is 0 Å². The fraction of sp³-hybridized carbons (Fsp3) is 0.400. The fourth-order valence-electron chi connectivity index (χ4n) is 1.59. The molecule has 0 aliphatic heterocycles. The van der Waals surface area contributed by atoms with Crippen molar-refractivity contribution in [1.29, 1.82) is 0 Å². The second kappa shape index (κ2) is 7.45. The Bertz CT molecular complexity index is 469. The minimum Gasteiger partial charge on any atom is -0.481 e. The molecule has 1 aromatic carbocycles. The first-order chi connectivity index (χ1) is 9.04. The van der Waals surface area contributed by atoms with Crippen LogP contribution in [0.4, 0.5) is 0 Å². The Morgan fingerprint density at radius 2 is 2.00 bits per heavy atom. The Hall–Kier alpha value is -1.99. The third-order valence-electron chi connectivity index (χ3n) is 2.62. The van der Waals surface area contributed by atoms with Gasteiger partial charge in [-0.25, -0.2) is 0 Å². The van der Waals surface area contributed by atoms with Gasteiger partial charge < -0.3 is 15.4 Å². The van der Waals surface area contributed by atoms with E-state index in [0.717, 1.165) is 11.3 Å². The molecule has 0 radical (unpaired) electrons. The number of ether oxygens (including phenoxy) is 1. The zero-order valence-corrected chi connectivity index (χ0v) is 11.6. The molecule has 0 saturated carbocycles. The van der Waals surface area contributed by atoms with Crippen molar-refractivity contribution < 1.29 is 9.53 Å². The van der Waals surface area contributed by atoms with Crippen LogP contribution in [0.3, 0.4) is 0 Å². The molecule has 0 spiro atoms. The maximum absolute atomic E-state index is 11.6. The van der Waals surface area contributed by atoms with Crippen LogP contribution in [-0.4, -0.2) is 37.6 Å². The molecule has 2 N–H and O–H groups in total. The fourth-order valence-corrected chi connectivity index (χ4v) is 1.59. The lowest BCUT2D eigenvalue weighted by molar-refractivity contribution is -0.130. The molecule has 4 heteroatoms. The number of likely N-dealkylation sites (N-methyl/N-ethyl adjacent to an activating group) is 1. The summed E-state index contributed by atoms with van der Waals surface area (Å²) in [5.74, 6) is 6.29. The van der Waals surface area contributed by atoms with Gasteiger partial charge in [-0.05, 0) is 31.0 Å². The summed E-state index contributed by atoms with van der Waals surface area (Å²) in [6, 6.07) is 7.04. The zero-order chi connectivity index (χ0) is 14.3. The minimum atomic E-state index is -0.507. The molecular weight excluding hydrogens is 240 g/mol. The molecule has 19 heavy (non-hydrogen) atoms.